The molecule has 3 heterocycles. The van der Waals surface area contributed by atoms with E-state index in [0.717, 1.165) is 44.8 Å². The van der Waals surface area contributed by atoms with Gasteiger partial charge >= 0.3 is 0 Å². The monoisotopic (exact) mass is 832 g/mol. The van der Waals surface area contributed by atoms with Gasteiger partial charge in [0.1, 0.15) is 0 Å². The average Bonchev–Trinajstić information content (AvgIpc) is 3.77. The van der Waals surface area contributed by atoms with Crippen LogP contribution in [0.4, 0.5) is 0 Å². The van der Waals surface area contributed by atoms with Crippen LogP contribution in [0.2, 0.25) is 0 Å². The Bertz CT molecular complexity index is 2340. The molecule has 1 radical (unpaired) electrons. The predicted octanol–water partition coefficient (Wildman–Crippen LogP) is 11.6. The number of benzene rings is 5. The molecule has 8 rings (SSSR count). The maximum absolute atomic E-state index is 8.80. The molecule has 251 valence electrons. The van der Waals surface area contributed by atoms with Crippen LogP contribution >= 0.6 is 0 Å². The maximum atomic E-state index is 8.80. The van der Waals surface area contributed by atoms with E-state index < -0.39 is 6.37 Å². The molecule has 50 heavy (non-hydrogen) atoms. The summed E-state index contributed by atoms with van der Waals surface area (Å²) in [5.41, 5.74) is 10.1. The first-order valence-corrected chi connectivity index (χ1v) is 16.7. The first kappa shape index (κ1) is 32.1. The van der Waals surface area contributed by atoms with Crippen molar-refractivity contribution in [2.75, 3.05) is 0 Å². The van der Waals surface area contributed by atoms with E-state index in [4.69, 9.17) is 12.1 Å². The van der Waals surface area contributed by atoms with Crippen LogP contribution in [-0.2, 0) is 26.5 Å². The Morgan fingerprint density at radius 1 is 0.740 bits per heavy atom. The quantitative estimate of drug-likeness (QED) is 0.150. The van der Waals surface area contributed by atoms with E-state index in [2.05, 4.69) is 73.8 Å². The summed E-state index contributed by atoms with van der Waals surface area (Å²) in [4.78, 5) is 9.32. The average molecular weight is 832 g/mol. The minimum atomic E-state index is -1.65. The number of pyridine rings is 1. The van der Waals surface area contributed by atoms with Gasteiger partial charge in [0.15, 0.2) is 0 Å². The minimum absolute atomic E-state index is 0. The third-order valence-corrected chi connectivity index (χ3v) is 8.58. The smallest absolute Gasteiger partial charge is 0.0774 e. The van der Waals surface area contributed by atoms with Gasteiger partial charge in [0, 0.05) is 46.6 Å². The van der Waals surface area contributed by atoms with Gasteiger partial charge in [0.05, 0.1) is 16.9 Å². The van der Waals surface area contributed by atoms with Gasteiger partial charge in [-0.05, 0) is 58.8 Å². The summed E-state index contributed by atoms with van der Waals surface area (Å²) < 4.78 is 25.8. The second-order valence-electron chi connectivity index (χ2n) is 12.6. The normalized spacial score (nSPS) is 12.0. The molecule has 0 unspecified atom stereocenters. The van der Waals surface area contributed by atoms with Gasteiger partial charge < -0.3 is 14.0 Å². The van der Waals surface area contributed by atoms with Crippen molar-refractivity contribution in [2.45, 2.75) is 45.9 Å². The first-order valence-electron chi connectivity index (χ1n) is 17.7. The number of nitrogens with zero attached hydrogens (tertiary/aromatic N) is 3. The van der Waals surface area contributed by atoms with Crippen LogP contribution in [0.25, 0.3) is 50.3 Å². The molecule has 0 aliphatic carbocycles. The van der Waals surface area contributed by atoms with Gasteiger partial charge in [0.2, 0.25) is 0 Å². The summed E-state index contributed by atoms with van der Waals surface area (Å²) in [6.45, 7) is 8.90. The fraction of sp³-hybridized carbons (Fsp3) is 0.156. The summed E-state index contributed by atoms with van der Waals surface area (Å²) in [7, 11) is 0. The summed E-state index contributed by atoms with van der Waals surface area (Å²) in [5.74, 6) is 1.41. The van der Waals surface area contributed by atoms with E-state index in [-0.39, 0.29) is 20.1 Å². The Balaban J connectivity index is 0.000000302. The Kier molecular flexibility index (Phi) is 10.0. The van der Waals surface area contributed by atoms with Crippen LogP contribution in [0.5, 0.6) is 0 Å². The van der Waals surface area contributed by atoms with Gasteiger partial charge in [0.25, 0.3) is 0 Å². The molecule has 0 saturated heterocycles. The predicted molar refractivity (Wildman–Crippen MR) is 201 cm³/mol. The van der Waals surface area contributed by atoms with Crippen molar-refractivity contribution in [3.63, 3.8) is 0 Å². The molecule has 0 fully saturated rings. The van der Waals surface area contributed by atoms with Gasteiger partial charge in [-0.1, -0.05) is 129 Å². The Morgan fingerprint density at radius 2 is 1.46 bits per heavy atom. The summed E-state index contributed by atoms with van der Waals surface area (Å²) in [5, 5.41) is 0.854. The van der Waals surface area contributed by atoms with E-state index in [1.54, 1.807) is 12.3 Å². The van der Waals surface area contributed by atoms with Gasteiger partial charge in [-0.3, -0.25) is 4.98 Å². The minimum Gasteiger partial charge on any atom is -0.557 e. The summed E-state index contributed by atoms with van der Waals surface area (Å²) >= 11 is 0. The summed E-state index contributed by atoms with van der Waals surface area (Å²) in [6, 6.07) is 46.4. The summed E-state index contributed by atoms with van der Waals surface area (Å²) in [6.07, 6.45) is 3.27. The molecular formula is C45H39IrN3O-2. The van der Waals surface area contributed by atoms with E-state index in [1.165, 1.54) is 11.1 Å². The molecular weight excluding hydrogens is 791 g/mol. The zero-order valence-corrected chi connectivity index (χ0v) is 30.9. The van der Waals surface area contributed by atoms with Gasteiger partial charge in [-0.25, -0.2) is 0 Å². The largest absolute Gasteiger partial charge is 0.557 e. The third kappa shape index (κ3) is 7.26. The van der Waals surface area contributed by atoms with Crippen molar-refractivity contribution in [1.82, 2.24) is 14.5 Å². The third-order valence-electron chi connectivity index (χ3n) is 8.58. The van der Waals surface area contributed by atoms with E-state index in [0.29, 0.717) is 28.5 Å². The molecule has 5 aromatic carbocycles. The number of hydrogen-bond acceptors (Lipinski definition) is 3. The van der Waals surface area contributed by atoms with Crippen LogP contribution in [0, 0.1) is 12.3 Å². The molecule has 0 bridgehead atoms. The van der Waals surface area contributed by atoms with E-state index in [1.807, 2.05) is 103 Å². The molecule has 8 aromatic rings. The molecule has 5 heteroatoms. The van der Waals surface area contributed by atoms with Crippen molar-refractivity contribution in [3.8, 4) is 28.3 Å². The number of rotatable bonds is 7. The van der Waals surface area contributed by atoms with Gasteiger partial charge in [-0.15, -0.1) is 42.0 Å². The van der Waals surface area contributed by atoms with E-state index >= 15 is 0 Å². The fourth-order valence-corrected chi connectivity index (χ4v) is 6.17. The zero-order chi connectivity index (χ0) is 35.5. The molecule has 4 nitrogen and oxygen atoms in total. The number of para-hydroxylation sites is 3. The number of furan rings is 1. The molecule has 0 amide bonds. The molecule has 3 aromatic heterocycles. The van der Waals surface area contributed by atoms with Crippen LogP contribution < -0.4 is 0 Å². The zero-order valence-electron chi connectivity index (χ0n) is 30.5. The van der Waals surface area contributed by atoms with E-state index in [9.17, 15) is 0 Å². The molecule has 0 aliphatic heterocycles. The van der Waals surface area contributed by atoms with Crippen molar-refractivity contribution in [1.29, 1.82) is 0 Å². The first-order chi connectivity index (χ1) is 24.7. The molecule has 0 N–H and O–H groups in total. The maximum Gasteiger partial charge on any atom is 0.0774 e. The second-order valence-corrected chi connectivity index (χ2v) is 12.6. The van der Waals surface area contributed by atoms with Crippen molar-refractivity contribution in [3.05, 3.63) is 174 Å². The molecule has 0 saturated carbocycles. The van der Waals surface area contributed by atoms with Crippen LogP contribution in [0.1, 0.15) is 64.5 Å². The molecule has 0 atom stereocenters. The van der Waals surface area contributed by atoms with Crippen LogP contribution in [0.3, 0.4) is 0 Å². The topological polar surface area (TPSA) is 43.9 Å². The Hall–Kier alpha value is -5.09. The number of aromatic nitrogens is 3. The van der Waals surface area contributed by atoms with Gasteiger partial charge in [-0.2, -0.15) is 0 Å². The van der Waals surface area contributed by atoms with Crippen molar-refractivity contribution >= 4 is 22.0 Å². The Morgan fingerprint density at radius 3 is 2.16 bits per heavy atom. The molecule has 0 aliphatic rings. The SMILES string of the molecule is [2H]C([2H])(c1ccccc1)c1ccc2c(-c3nc4ccccc4n3-c3c(C(C)C)cccc3C(C)C)[c-]oc2c1.[Ir].[c-]1ccccc1-c1ccccn1. The number of hydrogen-bond donors (Lipinski definition) is 0. The standard InChI is InChI=1S/C34H31N2O.C11H8N.Ir/c1-22(2)26-13-10-14-27(23(3)4)33(26)36-31-16-9-8-15-30(31)35-34(36)29-21-37-32-20-25(17-18-28(29)32)19-24-11-6-5-7-12-24;1-2-6-10(7-3-1)11-8-4-5-9-12-11;/h5-18,20,22-23H,19H2,1-4H3;1-6,8-9H;/q2*-1;/i19D2;;. The van der Waals surface area contributed by atoms with Crippen molar-refractivity contribution < 1.29 is 27.3 Å². The fourth-order valence-electron chi connectivity index (χ4n) is 6.17. The molecule has 0 spiro atoms. The number of imidazole rings is 1. The van der Waals surface area contributed by atoms with Crippen LogP contribution in [-0.4, -0.2) is 14.5 Å². The van der Waals surface area contributed by atoms with Crippen molar-refractivity contribution in [2.24, 2.45) is 0 Å². The number of fused-ring (bicyclic) bond motifs is 2. The van der Waals surface area contributed by atoms with Crippen LogP contribution in [0.15, 0.2) is 144 Å². The second kappa shape index (κ2) is 15.6. The Labute approximate surface area is 311 Å².